The van der Waals surface area contributed by atoms with Gasteiger partial charge in [-0.25, -0.2) is 4.98 Å². The van der Waals surface area contributed by atoms with Crippen LogP contribution >= 0.6 is 11.6 Å². The largest absolute Gasteiger partial charge is 0.393 e. The van der Waals surface area contributed by atoms with E-state index in [1.807, 2.05) is 18.2 Å². The molecule has 0 radical (unpaired) electrons. The van der Waals surface area contributed by atoms with Crippen LogP contribution < -0.4 is 11.1 Å². The van der Waals surface area contributed by atoms with Crippen molar-refractivity contribution in [1.29, 1.82) is 0 Å². The maximum atomic E-state index is 9.48. The number of aliphatic hydroxyl groups is 1. The molecule has 0 saturated heterocycles. The van der Waals surface area contributed by atoms with Crippen LogP contribution in [0.2, 0.25) is 5.02 Å². The molecule has 2 aliphatic carbocycles. The fourth-order valence-electron chi connectivity index (χ4n) is 3.40. The van der Waals surface area contributed by atoms with Crippen LogP contribution in [-0.4, -0.2) is 27.7 Å². The maximum Gasteiger partial charge on any atom is 0.222 e. The predicted molar refractivity (Wildman–Crippen MR) is 95.3 cm³/mol. The molecule has 5 nitrogen and oxygen atoms in total. The number of rotatable bonds is 5. The van der Waals surface area contributed by atoms with Gasteiger partial charge in [-0.3, -0.25) is 0 Å². The Bertz CT molecular complexity index is 739. The summed E-state index contributed by atoms with van der Waals surface area (Å²) in [4.78, 5) is 8.62. The molecule has 2 aromatic rings. The standard InChI is InChI=1S/C18H21ClN4O/c19-13-3-1-12(2-4-13)18(5-6-18)10-21-16-9-15(22-17(20)23-16)11-7-14(24)8-11/h1-4,9,11,14,24H,5-8,10H2,(H3,20,21,22,23). The second kappa shape index (κ2) is 5.90. The Labute approximate surface area is 146 Å². The Morgan fingerprint density at radius 2 is 1.92 bits per heavy atom. The Balaban J connectivity index is 1.47. The molecule has 4 rings (SSSR count). The van der Waals surface area contributed by atoms with Crippen molar-refractivity contribution in [2.75, 3.05) is 17.6 Å². The number of anilines is 2. The zero-order chi connectivity index (χ0) is 16.7. The molecule has 4 N–H and O–H groups in total. The molecule has 0 amide bonds. The third-order valence-corrected chi connectivity index (χ3v) is 5.46. The van der Waals surface area contributed by atoms with Crippen LogP contribution in [0.1, 0.15) is 42.9 Å². The lowest BCUT2D eigenvalue weighted by molar-refractivity contribution is 0.0732. The number of nitrogens with two attached hydrogens (primary N) is 1. The monoisotopic (exact) mass is 344 g/mol. The topological polar surface area (TPSA) is 84.1 Å². The van der Waals surface area contributed by atoms with Crippen molar-refractivity contribution in [1.82, 2.24) is 9.97 Å². The van der Waals surface area contributed by atoms with E-state index in [0.717, 1.165) is 48.8 Å². The first-order chi connectivity index (χ1) is 11.5. The molecular formula is C18H21ClN4O. The minimum Gasteiger partial charge on any atom is -0.393 e. The molecule has 6 heteroatoms. The quantitative estimate of drug-likeness (QED) is 0.776. The van der Waals surface area contributed by atoms with E-state index in [2.05, 4.69) is 27.4 Å². The lowest BCUT2D eigenvalue weighted by Crippen LogP contribution is -2.27. The van der Waals surface area contributed by atoms with Crippen molar-refractivity contribution in [2.24, 2.45) is 0 Å². The van der Waals surface area contributed by atoms with E-state index in [1.54, 1.807) is 0 Å². The molecule has 2 aliphatic rings. The van der Waals surface area contributed by atoms with E-state index in [-0.39, 0.29) is 23.4 Å². The van der Waals surface area contributed by atoms with E-state index < -0.39 is 0 Å². The highest BCUT2D eigenvalue weighted by Crippen LogP contribution is 2.48. The molecule has 1 heterocycles. The molecule has 0 unspecified atom stereocenters. The zero-order valence-electron chi connectivity index (χ0n) is 13.4. The van der Waals surface area contributed by atoms with Crippen molar-refractivity contribution < 1.29 is 5.11 Å². The molecule has 24 heavy (non-hydrogen) atoms. The van der Waals surface area contributed by atoms with E-state index in [1.165, 1.54) is 5.56 Å². The van der Waals surface area contributed by atoms with Crippen LogP contribution in [0.3, 0.4) is 0 Å². The first-order valence-electron chi connectivity index (χ1n) is 8.36. The maximum absolute atomic E-state index is 9.48. The van der Waals surface area contributed by atoms with Gasteiger partial charge in [0.2, 0.25) is 5.95 Å². The van der Waals surface area contributed by atoms with Gasteiger partial charge in [0, 0.05) is 29.0 Å². The Morgan fingerprint density at radius 3 is 2.54 bits per heavy atom. The summed E-state index contributed by atoms with van der Waals surface area (Å²) in [5, 5.41) is 13.7. The van der Waals surface area contributed by atoms with E-state index in [0.29, 0.717) is 0 Å². The van der Waals surface area contributed by atoms with Crippen molar-refractivity contribution in [3.05, 3.63) is 46.6 Å². The average Bonchev–Trinajstić information content (AvgIpc) is 3.31. The number of aromatic nitrogens is 2. The zero-order valence-corrected chi connectivity index (χ0v) is 14.1. The van der Waals surface area contributed by atoms with Gasteiger partial charge in [0.1, 0.15) is 5.82 Å². The minimum absolute atomic E-state index is 0.164. The molecule has 0 atom stereocenters. The third kappa shape index (κ3) is 3.06. The smallest absolute Gasteiger partial charge is 0.222 e. The Kier molecular flexibility index (Phi) is 3.85. The lowest BCUT2D eigenvalue weighted by atomic mass is 9.80. The van der Waals surface area contributed by atoms with Crippen molar-refractivity contribution in [3.8, 4) is 0 Å². The normalized spacial score (nSPS) is 24.2. The van der Waals surface area contributed by atoms with Gasteiger partial charge < -0.3 is 16.2 Å². The van der Waals surface area contributed by atoms with Crippen LogP contribution in [0.15, 0.2) is 30.3 Å². The number of hydrogen-bond donors (Lipinski definition) is 3. The van der Waals surface area contributed by atoms with Gasteiger partial charge in [0.15, 0.2) is 0 Å². The molecule has 1 aromatic carbocycles. The first-order valence-corrected chi connectivity index (χ1v) is 8.74. The molecular weight excluding hydrogens is 324 g/mol. The highest BCUT2D eigenvalue weighted by atomic mass is 35.5. The van der Waals surface area contributed by atoms with Crippen LogP contribution in [-0.2, 0) is 5.41 Å². The summed E-state index contributed by atoms with van der Waals surface area (Å²) >= 11 is 5.98. The highest BCUT2D eigenvalue weighted by molar-refractivity contribution is 6.30. The van der Waals surface area contributed by atoms with Gasteiger partial charge in [-0.1, -0.05) is 23.7 Å². The fourth-order valence-corrected chi connectivity index (χ4v) is 3.52. The summed E-state index contributed by atoms with van der Waals surface area (Å²) in [6, 6.07) is 10.1. The summed E-state index contributed by atoms with van der Waals surface area (Å²) in [6.07, 6.45) is 3.62. The Morgan fingerprint density at radius 1 is 1.21 bits per heavy atom. The summed E-state index contributed by atoms with van der Waals surface area (Å²) in [5.41, 5.74) is 8.25. The van der Waals surface area contributed by atoms with Crippen molar-refractivity contribution >= 4 is 23.4 Å². The number of halogens is 1. The fraction of sp³-hybridized carbons (Fsp3) is 0.444. The molecule has 0 bridgehead atoms. The van der Waals surface area contributed by atoms with Gasteiger partial charge in [-0.2, -0.15) is 4.98 Å². The van der Waals surface area contributed by atoms with Crippen LogP contribution in [0.5, 0.6) is 0 Å². The van der Waals surface area contributed by atoms with Gasteiger partial charge >= 0.3 is 0 Å². The second-order valence-electron chi connectivity index (χ2n) is 7.00. The summed E-state index contributed by atoms with van der Waals surface area (Å²) in [5.74, 6) is 1.34. The first kappa shape index (κ1) is 15.7. The van der Waals surface area contributed by atoms with Gasteiger partial charge in [-0.15, -0.1) is 0 Å². The Hall–Kier alpha value is -1.85. The van der Waals surface area contributed by atoms with Crippen LogP contribution in [0.25, 0.3) is 0 Å². The van der Waals surface area contributed by atoms with Gasteiger partial charge in [0.25, 0.3) is 0 Å². The molecule has 126 valence electrons. The molecule has 2 saturated carbocycles. The average molecular weight is 345 g/mol. The minimum atomic E-state index is -0.206. The summed E-state index contributed by atoms with van der Waals surface area (Å²) < 4.78 is 0. The number of nitrogen functional groups attached to an aromatic ring is 1. The summed E-state index contributed by atoms with van der Waals surface area (Å²) in [6.45, 7) is 0.817. The van der Waals surface area contributed by atoms with Crippen LogP contribution in [0, 0.1) is 0 Å². The highest BCUT2D eigenvalue weighted by Gasteiger charge is 2.44. The van der Waals surface area contributed by atoms with Crippen molar-refractivity contribution in [3.63, 3.8) is 0 Å². The van der Waals surface area contributed by atoms with Gasteiger partial charge in [0.05, 0.1) is 11.8 Å². The number of aliphatic hydroxyl groups excluding tert-OH is 1. The number of nitrogens with one attached hydrogen (secondary N) is 1. The molecule has 0 aliphatic heterocycles. The van der Waals surface area contributed by atoms with E-state index in [9.17, 15) is 5.11 Å². The SMILES string of the molecule is Nc1nc(NCC2(c3ccc(Cl)cc3)CC2)cc(C2CC(O)C2)n1. The predicted octanol–water partition coefficient (Wildman–Crippen LogP) is 3.09. The molecule has 0 spiro atoms. The van der Waals surface area contributed by atoms with E-state index >= 15 is 0 Å². The number of benzene rings is 1. The number of nitrogens with zero attached hydrogens (tertiary/aromatic N) is 2. The molecule has 1 aromatic heterocycles. The van der Waals surface area contributed by atoms with E-state index in [4.69, 9.17) is 17.3 Å². The van der Waals surface area contributed by atoms with Crippen molar-refractivity contribution in [2.45, 2.75) is 43.1 Å². The van der Waals surface area contributed by atoms with Crippen LogP contribution in [0.4, 0.5) is 11.8 Å². The third-order valence-electron chi connectivity index (χ3n) is 5.21. The van der Waals surface area contributed by atoms with Gasteiger partial charge in [-0.05, 0) is 43.4 Å². The lowest BCUT2D eigenvalue weighted by Gasteiger charge is -2.31. The number of hydrogen-bond acceptors (Lipinski definition) is 5. The molecule has 2 fully saturated rings. The summed E-state index contributed by atoms with van der Waals surface area (Å²) in [7, 11) is 0. The second-order valence-corrected chi connectivity index (χ2v) is 7.44.